The van der Waals surface area contributed by atoms with E-state index in [1.165, 1.54) is 19.3 Å². The van der Waals surface area contributed by atoms with Crippen LogP contribution in [0, 0.1) is 11.8 Å². The normalized spacial score (nSPS) is 33.1. The van der Waals surface area contributed by atoms with Crippen molar-refractivity contribution >= 4 is 5.97 Å². The molecule has 0 aromatic heterocycles. The Kier molecular flexibility index (Phi) is 4.99. The van der Waals surface area contributed by atoms with Crippen LogP contribution in [0.3, 0.4) is 0 Å². The summed E-state index contributed by atoms with van der Waals surface area (Å²) in [7, 11) is 0. The van der Waals surface area contributed by atoms with E-state index in [2.05, 4.69) is 19.2 Å². The number of carboxylic acid groups (broad SMARTS) is 1. The van der Waals surface area contributed by atoms with E-state index in [1.54, 1.807) is 0 Å². The molecule has 3 unspecified atom stereocenters. The van der Waals surface area contributed by atoms with Gasteiger partial charge < -0.3 is 5.11 Å². The number of aliphatic carboxylic acids is 1. The number of carboxylic acids is 1. The van der Waals surface area contributed by atoms with E-state index in [-0.39, 0.29) is 0 Å². The largest absolute Gasteiger partial charge is 0.480 e. The topological polar surface area (TPSA) is 49.3 Å². The van der Waals surface area contributed by atoms with Crippen LogP contribution in [0.4, 0.5) is 0 Å². The van der Waals surface area contributed by atoms with Crippen molar-refractivity contribution in [3.05, 3.63) is 0 Å². The van der Waals surface area contributed by atoms with Gasteiger partial charge in [0.15, 0.2) is 0 Å². The molecule has 1 saturated carbocycles. The van der Waals surface area contributed by atoms with Crippen LogP contribution in [0.1, 0.15) is 59.8 Å². The van der Waals surface area contributed by atoms with Crippen molar-refractivity contribution in [1.29, 1.82) is 0 Å². The molecule has 3 atom stereocenters. The fraction of sp³-hybridized carbons (Fsp3) is 0.929. The van der Waals surface area contributed by atoms with Crippen molar-refractivity contribution in [3.8, 4) is 0 Å². The summed E-state index contributed by atoms with van der Waals surface area (Å²) >= 11 is 0. The van der Waals surface area contributed by atoms with E-state index in [4.69, 9.17) is 0 Å². The third kappa shape index (κ3) is 3.44. The molecule has 0 heterocycles. The molecule has 0 aliphatic heterocycles. The molecule has 0 amide bonds. The third-order valence-corrected chi connectivity index (χ3v) is 4.25. The highest BCUT2D eigenvalue weighted by molar-refractivity contribution is 5.78. The van der Waals surface area contributed by atoms with Gasteiger partial charge in [0.2, 0.25) is 0 Å². The molecule has 2 N–H and O–H groups in total. The number of rotatable bonds is 5. The van der Waals surface area contributed by atoms with Gasteiger partial charge in [0.25, 0.3) is 0 Å². The second-order valence-corrected chi connectivity index (χ2v) is 5.94. The van der Waals surface area contributed by atoms with Crippen molar-refractivity contribution in [2.75, 3.05) is 0 Å². The van der Waals surface area contributed by atoms with Gasteiger partial charge in [-0.1, -0.05) is 33.6 Å². The molecule has 0 bridgehead atoms. The highest BCUT2D eigenvalue weighted by Crippen LogP contribution is 2.31. The summed E-state index contributed by atoms with van der Waals surface area (Å²) < 4.78 is 0. The lowest BCUT2D eigenvalue weighted by Gasteiger charge is -2.40. The first-order valence-corrected chi connectivity index (χ1v) is 6.91. The summed E-state index contributed by atoms with van der Waals surface area (Å²) in [5.41, 5.74) is -0.765. The van der Waals surface area contributed by atoms with Crippen molar-refractivity contribution < 1.29 is 9.90 Å². The average Bonchev–Trinajstić information content (AvgIpc) is 2.24. The Balaban J connectivity index is 2.74. The number of nitrogens with one attached hydrogen (secondary N) is 1. The Hall–Kier alpha value is -0.570. The van der Waals surface area contributed by atoms with E-state index in [9.17, 15) is 9.90 Å². The van der Waals surface area contributed by atoms with E-state index in [0.29, 0.717) is 24.3 Å². The zero-order valence-corrected chi connectivity index (χ0v) is 11.6. The van der Waals surface area contributed by atoms with Crippen LogP contribution < -0.4 is 5.32 Å². The van der Waals surface area contributed by atoms with Gasteiger partial charge in [-0.05, 0) is 38.0 Å². The molecule has 1 aliphatic rings. The van der Waals surface area contributed by atoms with Crippen molar-refractivity contribution in [2.24, 2.45) is 11.8 Å². The average molecular weight is 241 g/mol. The van der Waals surface area contributed by atoms with Gasteiger partial charge >= 0.3 is 5.97 Å². The van der Waals surface area contributed by atoms with Crippen LogP contribution in [0.25, 0.3) is 0 Å². The highest BCUT2D eigenvalue weighted by atomic mass is 16.4. The SMILES string of the molecule is CCCC(C)(NC1C(C)CCCC1C)C(=O)O. The number of hydrogen-bond donors (Lipinski definition) is 2. The van der Waals surface area contributed by atoms with Crippen LogP contribution in [0.5, 0.6) is 0 Å². The second-order valence-electron chi connectivity index (χ2n) is 5.94. The quantitative estimate of drug-likeness (QED) is 0.778. The molecular weight excluding hydrogens is 214 g/mol. The summed E-state index contributed by atoms with van der Waals surface area (Å²) in [6.45, 7) is 8.34. The van der Waals surface area contributed by atoms with Gasteiger partial charge in [0, 0.05) is 6.04 Å². The van der Waals surface area contributed by atoms with Gasteiger partial charge in [-0.3, -0.25) is 10.1 Å². The lowest BCUT2D eigenvalue weighted by molar-refractivity contribution is -0.145. The molecule has 1 rings (SSSR count). The molecule has 3 heteroatoms. The minimum Gasteiger partial charge on any atom is -0.480 e. The maximum absolute atomic E-state index is 11.4. The lowest BCUT2D eigenvalue weighted by Crippen LogP contribution is -2.58. The minimum absolute atomic E-state index is 0.344. The Labute approximate surface area is 105 Å². The second kappa shape index (κ2) is 5.85. The summed E-state index contributed by atoms with van der Waals surface area (Å²) in [5.74, 6) is 0.438. The Morgan fingerprint density at radius 1 is 1.35 bits per heavy atom. The molecule has 3 nitrogen and oxygen atoms in total. The third-order valence-electron chi connectivity index (χ3n) is 4.25. The van der Waals surface area contributed by atoms with E-state index < -0.39 is 11.5 Å². The zero-order valence-electron chi connectivity index (χ0n) is 11.6. The fourth-order valence-corrected chi connectivity index (χ4v) is 3.07. The van der Waals surface area contributed by atoms with E-state index in [0.717, 1.165) is 6.42 Å². The fourth-order valence-electron chi connectivity index (χ4n) is 3.07. The maximum Gasteiger partial charge on any atom is 0.323 e. The van der Waals surface area contributed by atoms with Crippen molar-refractivity contribution in [3.63, 3.8) is 0 Å². The predicted molar refractivity (Wildman–Crippen MR) is 70.1 cm³/mol. The van der Waals surface area contributed by atoms with Crippen LogP contribution in [0.15, 0.2) is 0 Å². The molecule has 0 spiro atoms. The molecule has 1 fully saturated rings. The van der Waals surface area contributed by atoms with Gasteiger partial charge in [-0.25, -0.2) is 0 Å². The Morgan fingerprint density at radius 3 is 2.29 bits per heavy atom. The molecule has 1 aliphatic carbocycles. The summed E-state index contributed by atoms with van der Waals surface area (Å²) in [6, 6.07) is 0.344. The van der Waals surface area contributed by atoms with Crippen LogP contribution >= 0.6 is 0 Å². The summed E-state index contributed by atoms with van der Waals surface area (Å²) in [6.07, 6.45) is 5.29. The molecule has 0 aromatic rings. The van der Waals surface area contributed by atoms with Crippen LogP contribution in [-0.2, 0) is 4.79 Å². The first-order valence-electron chi connectivity index (χ1n) is 6.91. The Bertz CT molecular complexity index is 257. The molecule has 17 heavy (non-hydrogen) atoms. The summed E-state index contributed by atoms with van der Waals surface area (Å²) in [4.78, 5) is 11.4. The van der Waals surface area contributed by atoms with E-state index in [1.807, 2.05) is 13.8 Å². The monoisotopic (exact) mass is 241 g/mol. The molecular formula is C14H27NO2. The minimum atomic E-state index is -0.765. The zero-order chi connectivity index (χ0) is 13.1. The predicted octanol–water partition coefficient (Wildman–Crippen LogP) is 3.04. The molecule has 100 valence electrons. The number of carbonyl (C=O) groups is 1. The first-order chi connectivity index (χ1) is 7.90. The van der Waals surface area contributed by atoms with Crippen molar-refractivity contribution in [1.82, 2.24) is 5.32 Å². The van der Waals surface area contributed by atoms with Gasteiger partial charge in [-0.15, -0.1) is 0 Å². The molecule has 0 aromatic carbocycles. The highest BCUT2D eigenvalue weighted by Gasteiger charge is 2.38. The van der Waals surface area contributed by atoms with Gasteiger partial charge in [-0.2, -0.15) is 0 Å². The maximum atomic E-state index is 11.4. The smallest absolute Gasteiger partial charge is 0.323 e. The van der Waals surface area contributed by atoms with E-state index >= 15 is 0 Å². The van der Waals surface area contributed by atoms with Crippen LogP contribution in [0.2, 0.25) is 0 Å². The molecule has 0 saturated heterocycles. The Morgan fingerprint density at radius 2 is 1.88 bits per heavy atom. The van der Waals surface area contributed by atoms with Crippen LogP contribution in [-0.4, -0.2) is 22.7 Å². The standard InChI is InChI=1S/C14H27NO2/c1-5-9-14(4,13(16)17)15-12-10(2)7-6-8-11(12)3/h10-12,15H,5-9H2,1-4H3,(H,16,17). The lowest BCUT2D eigenvalue weighted by atomic mass is 9.77. The molecule has 0 radical (unpaired) electrons. The summed E-state index contributed by atoms with van der Waals surface area (Å²) in [5, 5.41) is 12.8. The van der Waals surface area contributed by atoms with Gasteiger partial charge in [0.1, 0.15) is 5.54 Å². The number of hydrogen-bond acceptors (Lipinski definition) is 2. The van der Waals surface area contributed by atoms with Crippen molar-refractivity contribution in [2.45, 2.75) is 71.4 Å². The van der Waals surface area contributed by atoms with Gasteiger partial charge in [0.05, 0.1) is 0 Å². The first kappa shape index (κ1) is 14.5.